The number of aromatic nitrogens is 2. The van der Waals surface area contributed by atoms with Gasteiger partial charge in [-0.2, -0.15) is 0 Å². The van der Waals surface area contributed by atoms with Gasteiger partial charge >= 0.3 is 5.97 Å². The second kappa shape index (κ2) is 17.4. The number of nitrogen functional groups attached to an aromatic ring is 1. The fraction of sp³-hybridized carbons (Fsp3) is 0.676. The van der Waals surface area contributed by atoms with E-state index in [9.17, 15) is 30.3 Å². The average molecular weight is 640 g/mol. The van der Waals surface area contributed by atoms with Gasteiger partial charge in [-0.15, -0.1) is 0 Å². The van der Waals surface area contributed by atoms with E-state index in [1.807, 2.05) is 18.2 Å². The number of carboxylic acid groups (broad SMARTS) is 1. The maximum Gasteiger partial charge on any atom is 0.309 e. The number of rotatable bonds is 19. The van der Waals surface area contributed by atoms with Crippen LogP contribution >= 0.6 is 0 Å². The Kier molecular flexibility index (Phi) is 13.7. The summed E-state index contributed by atoms with van der Waals surface area (Å²) in [5.74, 6) is -1.27. The second-order valence-electron chi connectivity index (χ2n) is 14.2. The van der Waals surface area contributed by atoms with Gasteiger partial charge in [0, 0.05) is 29.9 Å². The molecule has 9 atom stereocenters. The Hall–Kier alpha value is -2.72. The van der Waals surface area contributed by atoms with Crippen molar-refractivity contribution in [2.24, 2.45) is 29.6 Å². The number of anilines is 1. The number of nitrogens with one attached hydrogen (secondary N) is 1. The fourth-order valence-corrected chi connectivity index (χ4v) is 8.03. The minimum absolute atomic E-state index is 0.0818. The number of hydrogen-bond donors (Lipinski definition) is 7. The Morgan fingerprint density at radius 2 is 1.89 bits per heavy atom. The predicted octanol–water partition coefficient (Wildman–Crippen LogP) is 5.95. The average Bonchev–Trinajstić information content (AvgIpc) is 3.67. The van der Waals surface area contributed by atoms with Crippen molar-refractivity contribution in [1.29, 1.82) is 0 Å². The van der Waals surface area contributed by atoms with Crippen molar-refractivity contribution in [2.75, 3.05) is 5.73 Å². The number of nitrogens with two attached hydrogens (primary N) is 1. The molecule has 2 heterocycles. The molecule has 256 valence electrons. The van der Waals surface area contributed by atoms with Crippen molar-refractivity contribution in [2.45, 2.75) is 127 Å². The first kappa shape index (κ1) is 36.1. The maximum atomic E-state index is 12.2. The molecule has 0 saturated heterocycles. The standard InChI is InChI=1S/C37H57N3O6/c1-2-3-5-9-25-13-14-28(33(42)22-25)10-6-4-7-11-29(36(44)45)32(41)15-17-37(46)24-27(20-26-16-19-40-34(38)23-26)21-30(37)35(43)31-12-8-18-39-31/h8,12-14,16,18-19,23,25,27-30,32-33,35,39,41-43,46H,2-7,9-11,15,17,20-22,24H2,1H3,(H2,38,40)(H,44,45)/t25-,27-,28-,29+,30+,32-,33-,35+,37+/m1/s1. The van der Waals surface area contributed by atoms with Gasteiger partial charge < -0.3 is 36.3 Å². The van der Waals surface area contributed by atoms with Gasteiger partial charge in [-0.25, -0.2) is 4.98 Å². The van der Waals surface area contributed by atoms with E-state index >= 15 is 0 Å². The van der Waals surface area contributed by atoms with Crippen LogP contribution in [0.2, 0.25) is 0 Å². The molecule has 2 aromatic rings. The SMILES string of the molecule is CCCCC[C@@H]1C=C[C@@H](CCCCC[C@H](C(=O)O)[C@H](O)CC[C@]2(O)C[C@H](Cc3ccnc(N)c3)C[C@H]2[C@H](O)c2ccc[nH]2)[C@H](O)C1. The number of nitrogens with zero attached hydrogens (tertiary/aromatic N) is 1. The number of unbranched alkanes of at least 4 members (excludes halogenated alkanes) is 4. The highest BCUT2D eigenvalue weighted by molar-refractivity contribution is 5.70. The first-order valence-electron chi connectivity index (χ1n) is 17.6. The number of carbonyl (C=O) groups is 1. The third-order valence-corrected chi connectivity index (χ3v) is 10.7. The van der Waals surface area contributed by atoms with Crippen molar-refractivity contribution >= 4 is 11.8 Å². The van der Waals surface area contributed by atoms with Gasteiger partial charge in [0.25, 0.3) is 0 Å². The molecule has 9 heteroatoms. The molecule has 46 heavy (non-hydrogen) atoms. The van der Waals surface area contributed by atoms with E-state index in [4.69, 9.17) is 5.73 Å². The summed E-state index contributed by atoms with van der Waals surface area (Å²) >= 11 is 0. The maximum absolute atomic E-state index is 12.2. The number of aromatic amines is 1. The van der Waals surface area contributed by atoms with E-state index in [1.54, 1.807) is 18.5 Å². The molecule has 4 rings (SSSR count). The topological polar surface area (TPSA) is 173 Å². The predicted molar refractivity (Wildman–Crippen MR) is 180 cm³/mol. The number of pyridine rings is 1. The molecule has 0 unspecified atom stereocenters. The number of carboxylic acids is 1. The van der Waals surface area contributed by atoms with E-state index in [-0.39, 0.29) is 30.8 Å². The van der Waals surface area contributed by atoms with Crippen molar-refractivity contribution in [3.63, 3.8) is 0 Å². The van der Waals surface area contributed by atoms with E-state index in [2.05, 4.69) is 29.0 Å². The van der Waals surface area contributed by atoms with E-state index < -0.39 is 35.6 Å². The molecule has 1 fully saturated rings. The fourth-order valence-electron chi connectivity index (χ4n) is 8.03. The summed E-state index contributed by atoms with van der Waals surface area (Å²) < 4.78 is 0. The molecule has 0 spiro atoms. The molecular formula is C37H57N3O6. The molecule has 2 aliphatic rings. The third-order valence-electron chi connectivity index (χ3n) is 10.7. The molecule has 0 aliphatic heterocycles. The van der Waals surface area contributed by atoms with Crippen molar-refractivity contribution in [3.8, 4) is 0 Å². The smallest absolute Gasteiger partial charge is 0.309 e. The van der Waals surface area contributed by atoms with Gasteiger partial charge in [0.15, 0.2) is 0 Å². The lowest BCUT2D eigenvalue weighted by Crippen LogP contribution is -2.39. The monoisotopic (exact) mass is 639 g/mol. The highest BCUT2D eigenvalue weighted by atomic mass is 16.4. The lowest BCUT2D eigenvalue weighted by atomic mass is 9.79. The van der Waals surface area contributed by atoms with Gasteiger partial charge in [0.1, 0.15) is 5.82 Å². The summed E-state index contributed by atoms with van der Waals surface area (Å²) in [6.45, 7) is 2.20. The lowest BCUT2D eigenvalue weighted by Gasteiger charge is -2.34. The van der Waals surface area contributed by atoms with E-state index in [1.165, 1.54) is 19.3 Å². The van der Waals surface area contributed by atoms with Crippen LogP contribution in [-0.2, 0) is 11.2 Å². The minimum atomic E-state index is -1.26. The van der Waals surface area contributed by atoms with E-state index in [0.29, 0.717) is 49.5 Å². The summed E-state index contributed by atoms with van der Waals surface area (Å²) in [5, 5.41) is 54.9. The Bertz CT molecular complexity index is 1220. The molecule has 1 saturated carbocycles. The van der Waals surface area contributed by atoms with Gasteiger partial charge in [-0.3, -0.25) is 4.79 Å². The molecule has 2 aromatic heterocycles. The Morgan fingerprint density at radius 3 is 2.59 bits per heavy atom. The van der Waals surface area contributed by atoms with Gasteiger partial charge in [0.2, 0.25) is 0 Å². The summed E-state index contributed by atoms with van der Waals surface area (Å²) in [7, 11) is 0. The van der Waals surface area contributed by atoms with Crippen LogP contribution in [0.5, 0.6) is 0 Å². The summed E-state index contributed by atoms with van der Waals surface area (Å²) in [4.78, 5) is 19.3. The van der Waals surface area contributed by atoms with Gasteiger partial charge in [0.05, 0.1) is 29.8 Å². The zero-order valence-corrected chi connectivity index (χ0v) is 27.5. The molecule has 2 aliphatic carbocycles. The van der Waals surface area contributed by atoms with Crippen LogP contribution in [0.4, 0.5) is 5.82 Å². The Morgan fingerprint density at radius 1 is 1.09 bits per heavy atom. The van der Waals surface area contributed by atoms with Crippen LogP contribution in [0, 0.1) is 29.6 Å². The molecular weight excluding hydrogens is 582 g/mol. The number of aliphatic hydroxyl groups is 4. The van der Waals surface area contributed by atoms with Crippen LogP contribution < -0.4 is 5.73 Å². The van der Waals surface area contributed by atoms with Crippen molar-refractivity contribution in [1.82, 2.24) is 9.97 Å². The van der Waals surface area contributed by atoms with Crippen LogP contribution in [-0.4, -0.2) is 59.3 Å². The molecule has 0 aromatic carbocycles. The summed E-state index contributed by atoms with van der Waals surface area (Å²) in [6, 6.07) is 7.34. The molecule has 8 N–H and O–H groups in total. The number of hydrogen-bond acceptors (Lipinski definition) is 7. The molecule has 9 nitrogen and oxygen atoms in total. The highest BCUT2D eigenvalue weighted by Crippen LogP contribution is 2.49. The zero-order valence-electron chi connectivity index (χ0n) is 27.5. The van der Waals surface area contributed by atoms with Crippen molar-refractivity contribution in [3.05, 3.63) is 60.1 Å². The Balaban J connectivity index is 1.27. The normalized spacial score (nSPS) is 28.2. The molecule has 0 radical (unpaired) electrons. The quantitative estimate of drug-likeness (QED) is 0.0729. The van der Waals surface area contributed by atoms with Gasteiger partial charge in [-0.1, -0.05) is 57.6 Å². The highest BCUT2D eigenvalue weighted by Gasteiger charge is 2.49. The minimum Gasteiger partial charge on any atom is -0.481 e. The first-order valence-corrected chi connectivity index (χ1v) is 17.6. The van der Waals surface area contributed by atoms with Crippen LogP contribution in [0.1, 0.15) is 114 Å². The number of H-pyrrole nitrogens is 1. The number of aliphatic hydroxyl groups excluding tert-OH is 3. The largest absolute Gasteiger partial charge is 0.481 e. The third kappa shape index (κ3) is 10.1. The van der Waals surface area contributed by atoms with Gasteiger partial charge in [-0.05, 0) is 99.5 Å². The summed E-state index contributed by atoms with van der Waals surface area (Å²) in [6.07, 6.45) is 16.8. The second-order valence-corrected chi connectivity index (χ2v) is 14.2. The van der Waals surface area contributed by atoms with Crippen LogP contribution in [0.3, 0.4) is 0 Å². The number of allylic oxidation sites excluding steroid dienone is 1. The lowest BCUT2D eigenvalue weighted by molar-refractivity contribution is -0.147. The Labute approximate surface area is 274 Å². The van der Waals surface area contributed by atoms with E-state index in [0.717, 1.165) is 37.7 Å². The summed E-state index contributed by atoms with van der Waals surface area (Å²) in [5.41, 5.74) is 6.26. The van der Waals surface area contributed by atoms with Crippen molar-refractivity contribution < 1.29 is 30.3 Å². The number of aliphatic carboxylic acids is 1. The van der Waals surface area contributed by atoms with Crippen LogP contribution in [0.15, 0.2) is 48.8 Å². The van der Waals surface area contributed by atoms with Crippen LogP contribution in [0.25, 0.3) is 0 Å². The first-order chi connectivity index (χ1) is 22.1. The molecule has 0 bridgehead atoms. The zero-order chi connectivity index (χ0) is 33.1. The molecule has 0 amide bonds.